The van der Waals surface area contributed by atoms with Gasteiger partial charge in [0, 0.05) is 55.9 Å². The molecule has 216 valence electrons. The zero-order valence-corrected chi connectivity index (χ0v) is 24.1. The van der Waals surface area contributed by atoms with E-state index in [0.717, 1.165) is 22.3 Å². The summed E-state index contributed by atoms with van der Waals surface area (Å²) in [6.07, 6.45) is 2.69. The summed E-state index contributed by atoms with van der Waals surface area (Å²) in [5.74, 6) is 0.0662. The number of hydrogen-bond donors (Lipinski definition) is 3. The lowest BCUT2D eigenvalue weighted by Crippen LogP contribution is -2.59. The molecule has 1 spiro atoms. The van der Waals surface area contributed by atoms with Crippen molar-refractivity contribution < 1.29 is 17.9 Å². The first-order valence-corrected chi connectivity index (χ1v) is 15.1. The molecule has 1 amide bonds. The van der Waals surface area contributed by atoms with Gasteiger partial charge in [-0.1, -0.05) is 30.3 Å². The molecule has 2 aromatic carbocycles. The molecule has 11 nitrogen and oxygen atoms in total. The van der Waals surface area contributed by atoms with Crippen LogP contribution in [0.5, 0.6) is 5.88 Å². The molecule has 0 atom stereocenters. The fourth-order valence-corrected chi connectivity index (χ4v) is 6.43. The van der Waals surface area contributed by atoms with Gasteiger partial charge in [-0.05, 0) is 54.8 Å². The summed E-state index contributed by atoms with van der Waals surface area (Å²) in [5.41, 5.74) is 9.18. The Morgan fingerprint density at radius 2 is 1.74 bits per heavy atom. The van der Waals surface area contributed by atoms with Crippen molar-refractivity contribution >= 4 is 27.7 Å². The number of carbonyl (C=O) groups excluding carboxylic acids is 1. The van der Waals surface area contributed by atoms with Crippen LogP contribution in [0.2, 0.25) is 0 Å². The van der Waals surface area contributed by atoms with Gasteiger partial charge in [-0.15, -0.1) is 0 Å². The minimum absolute atomic E-state index is 0.0692. The average molecular weight is 586 g/mol. The van der Waals surface area contributed by atoms with Gasteiger partial charge in [0.05, 0.1) is 10.6 Å². The van der Waals surface area contributed by atoms with E-state index in [4.69, 9.17) is 10.5 Å². The molecule has 2 aliphatic heterocycles. The fourth-order valence-electron chi connectivity index (χ4n) is 5.44. The molecule has 6 rings (SSSR count). The molecule has 1 fully saturated rings. The van der Waals surface area contributed by atoms with Crippen LogP contribution in [0.3, 0.4) is 0 Å². The number of aryl methyl sites for hydroxylation is 2. The second kappa shape index (κ2) is 10.7. The van der Waals surface area contributed by atoms with Crippen molar-refractivity contribution in [1.82, 2.24) is 25.2 Å². The molecule has 4 aromatic rings. The van der Waals surface area contributed by atoms with Gasteiger partial charge in [0.1, 0.15) is 5.82 Å². The highest BCUT2D eigenvalue weighted by molar-refractivity contribution is 7.92. The highest BCUT2D eigenvalue weighted by Gasteiger charge is 2.40. The molecule has 2 aromatic heterocycles. The Balaban J connectivity index is 1.40. The molecule has 4 heterocycles. The topological polar surface area (TPSA) is 152 Å². The van der Waals surface area contributed by atoms with Crippen LogP contribution in [0.15, 0.2) is 71.8 Å². The Hall–Kier alpha value is -4.55. The van der Waals surface area contributed by atoms with Crippen molar-refractivity contribution in [2.75, 3.05) is 23.5 Å². The summed E-state index contributed by atoms with van der Waals surface area (Å²) in [5, 5.41) is 3.08. The maximum Gasteiger partial charge on any atom is 0.264 e. The second-order valence-corrected chi connectivity index (χ2v) is 12.4. The predicted molar refractivity (Wildman–Crippen MR) is 158 cm³/mol. The van der Waals surface area contributed by atoms with E-state index in [-0.39, 0.29) is 22.3 Å². The van der Waals surface area contributed by atoms with Gasteiger partial charge in [-0.25, -0.2) is 23.1 Å². The van der Waals surface area contributed by atoms with E-state index in [9.17, 15) is 13.2 Å². The minimum Gasteiger partial charge on any atom is -0.451 e. The molecular weight excluding hydrogens is 554 g/mol. The molecule has 0 saturated carbocycles. The number of pyridine rings is 1. The van der Waals surface area contributed by atoms with Crippen LogP contribution >= 0.6 is 0 Å². The number of carbonyl (C=O) groups is 1. The number of nitrogen functional groups attached to an aromatic ring is 1. The van der Waals surface area contributed by atoms with Crippen molar-refractivity contribution in [1.29, 1.82) is 0 Å². The zero-order valence-electron chi connectivity index (χ0n) is 23.3. The number of nitrogens with one attached hydrogen (secondary N) is 2. The quantitative estimate of drug-likeness (QED) is 0.327. The summed E-state index contributed by atoms with van der Waals surface area (Å²) < 4.78 is 35.6. The highest BCUT2D eigenvalue weighted by atomic mass is 32.2. The SMILES string of the molecule is Cc1cccc(C)c1-c1cc2nc(n1)NS(=O)(=O)c1cccc(c1)C(=O)NC1(CCN(Cc3ccc(N)nc3)CC1)O2. The smallest absolute Gasteiger partial charge is 0.264 e. The van der Waals surface area contributed by atoms with Crippen LogP contribution in [0.1, 0.15) is 39.9 Å². The summed E-state index contributed by atoms with van der Waals surface area (Å²) in [6, 6.07) is 17.2. The number of benzene rings is 2. The molecule has 42 heavy (non-hydrogen) atoms. The maximum absolute atomic E-state index is 13.5. The predicted octanol–water partition coefficient (Wildman–Crippen LogP) is 3.65. The van der Waals surface area contributed by atoms with E-state index in [1.165, 1.54) is 18.2 Å². The van der Waals surface area contributed by atoms with Gasteiger partial charge in [0.2, 0.25) is 11.8 Å². The van der Waals surface area contributed by atoms with Crippen LogP contribution in [0.25, 0.3) is 11.3 Å². The fraction of sp³-hybridized carbons (Fsp3) is 0.267. The Kier molecular flexibility index (Phi) is 7.03. The van der Waals surface area contributed by atoms with Crippen molar-refractivity contribution in [3.63, 3.8) is 0 Å². The lowest BCUT2D eigenvalue weighted by molar-refractivity contribution is -0.0258. The van der Waals surface area contributed by atoms with Gasteiger partial charge < -0.3 is 15.8 Å². The van der Waals surface area contributed by atoms with E-state index in [0.29, 0.717) is 44.0 Å². The standard InChI is InChI=1S/C30H31N7O4S/c1-19-5-3-6-20(2)27(19)24-16-26-34-29(33-24)36-42(39,40)23-8-4-7-22(15-23)28(38)35-30(41-26)11-13-37(14-12-30)18-21-9-10-25(31)32-17-21/h3-10,15-17H,11-14,18H2,1-2H3,(H2,31,32)(H,35,38)(H,33,34,36). The van der Waals surface area contributed by atoms with E-state index in [1.807, 2.05) is 38.1 Å². The summed E-state index contributed by atoms with van der Waals surface area (Å²) >= 11 is 0. The molecule has 1 saturated heterocycles. The van der Waals surface area contributed by atoms with Gasteiger partial charge in [0.15, 0.2) is 5.72 Å². The number of aromatic nitrogens is 3. The lowest BCUT2D eigenvalue weighted by atomic mass is 9.98. The third-order valence-electron chi connectivity index (χ3n) is 7.63. The van der Waals surface area contributed by atoms with Gasteiger partial charge in [0.25, 0.3) is 15.9 Å². The van der Waals surface area contributed by atoms with Crippen LogP contribution in [-0.4, -0.2) is 53.0 Å². The largest absolute Gasteiger partial charge is 0.451 e. The van der Waals surface area contributed by atoms with Crippen molar-refractivity contribution in [3.05, 3.63) is 89.1 Å². The number of fused-ring (bicyclic) bond motifs is 4. The molecule has 12 heteroatoms. The number of ether oxygens (including phenoxy) is 1. The minimum atomic E-state index is -4.09. The Labute approximate surface area is 244 Å². The van der Waals surface area contributed by atoms with Crippen LogP contribution < -0.4 is 20.5 Å². The number of hydrogen-bond acceptors (Lipinski definition) is 9. The molecule has 0 unspecified atom stereocenters. The second-order valence-electron chi connectivity index (χ2n) is 10.7. The first-order chi connectivity index (χ1) is 20.1. The number of sulfonamides is 1. The number of anilines is 2. The van der Waals surface area contributed by atoms with Gasteiger partial charge in [-0.2, -0.15) is 4.98 Å². The number of amides is 1. The maximum atomic E-state index is 13.5. The van der Waals surface area contributed by atoms with Crippen molar-refractivity contribution in [2.24, 2.45) is 0 Å². The lowest BCUT2D eigenvalue weighted by Gasteiger charge is -2.42. The first kappa shape index (κ1) is 27.6. The monoisotopic (exact) mass is 585 g/mol. The first-order valence-electron chi connectivity index (χ1n) is 13.6. The van der Waals surface area contributed by atoms with Crippen molar-refractivity contribution in [2.45, 2.75) is 43.9 Å². The molecule has 0 radical (unpaired) electrons. The summed E-state index contributed by atoms with van der Waals surface area (Å²) in [6.45, 7) is 5.85. The summed E-state index contributed by atoms with van der Waals surface area (Å²) in [4.78, 5) is 28.9. The van der Waals surface area contributed by atoms with E-state index >= 15 is 0 Å². The van der Waals surface area contributed by atoms with E-state index in [1.54, 1.807) is 24.4 Å². The van der Waals surface area contributed by atoms with Crippen LogP contribution in [-0.2, 0) is 16.6 Å². The Morgan fingerprint density at radius 1 is 1.00 bits per heavy atom. The Morgan fingerprint density at radius 3 is 2.45 bits per heavy atom. The number of likely N-dealkylation sites (tertiary alicyclic amines) is 1. The highest BCUT2D eigenvalue weighted by Crippen LogP contribution is 2.33. The van der Waals surface area contributed by atoms with E-state index in [2.05, 4.69) is 29.9 Å². The molecule has 4 bridgehead atoms. The number of nitrogens with two attached hydrogens (primary N) is 1. The normalized spacial score (nSPS) is 17.7. The zero-order chi connectivity index (χ0) is 29.5. The summed E-state index contributed by atoms with van der Waals surface area (Å²) in [7, 11) is -4.09. The molecule has 4 N–H and O–H groups in total. The molecular formula is C30H31N7O4S. The Bertz CT molecular complexity index is 1750. The number of rotatable bonds is 3. The number of nitrogens with zero attached hydrogens (tertiary/aromatic N) is 4. The number of piperidine rings is 1. The van der Waals surface area contributed by atoms with Gasteiger partial charge >= 0.3 is 0 Å². The molecule has 2 aliphatic rings. The van der Waals surface area contributed by atoms with Gasteiger partial charge in [-0.3, -0.25) is 9.69 Å². The average Bonchev–Trinajstić information content (AvgIpc) is 2.95. The third kappa shape index (κ3) is 5.63. The van der Waals surface area contributed by atoms with Crippen molar-refractivity contribution in [3.8, 4) is 17.1 Å². The third-order valence-corrected chi connectivity index (χ3v) is 8.96. The van der Waals surface area contributed by atoms with Crippen LogP contribution in [0.4, 0.5) is 11.8 Å². The van der Waals surface area contributed by atoms with E-state index < -0.39 is 21.7 Å². The van der Waals surface area contributed by atoms with Crippen LogP contribution in [0, 0.1) is 13.8 Å². The molecule has 0 aliphatic carbocycles.